The van der Waals surface area contributed by atoms with Crippen molar-refractivity contribution in [2.24, 2.45) is 0 Å². The monoisotopic (exact) mass is 194 g/mol. The zero-order chi connectivity index (χ0) is 9.52. The lowest BCUT2D eigenvalue weighted by Gasteiger charge is -1.82. The molecule has 68 valence electrons. The van der Waals surface area contributed by atoms with Crippen LogP contribution in [-0.4, -0.2) is 20.6 Å². The minimum atomic E-state index is 0.384. The van der Waals surface area contributed by atoms with Crippen molar-refractivity contribution in [2.75, 3.05) is 0 Å². The molecule has 2 aromatic rings. The largest absolute Gasteiger partial charge is 0.256 e. The summed E-state index contributed by atoms with van der Waals surface area (Å²) in [6.07, 6.45) is 0. The SMILES string of the molecule is Cc1ccccc1.S=c1nn[nH][nH]1. The molecule has 4 nitrogen and oxygen atoms in total. The van der Waals surface area contributed by atoms with Gasteiger partial charge in [0.2, 0.25) is 4.77 Å². The van der Waals surface area contributed by atoms with E-state index >= 15 is 0 Å². The zero-order valence-corrected chi connectivity index (χ0v) is 8.01. The van der Waals surface area contributed by atoms with Gasteiger partial charge in [-0.1, -0.05) is 46.2 Å². The molecule has 0 fully saturated rings. The van der Waals surface area contributed by atoms with Crippen molar-refractivity contribution < 1.29 is 0 Å². The van der Waals surface area contributed by atoms with Gasteiger partial charge in [-0.15, -0.1) is 0 Å². The van der Waals surface area contributed by atoms with Crippen molar-refractivity contribution in [1.29, 1.82) is 0 Å². The lowest BCUT2D eigenvalue weighted by Crippen LogP contribution is -1.64. The Bertz CT molecular complexity index is 362. The van der Waals surface area contributed by atoms with E-state index in [-0.39, 0.29) is 0 Å². The molecule has 2 rings (SSSR count). The van der Waals surface area contributed by atoms with Gasteiger partial charge in [-0.05, 0) is 19.1 Å². The molecule has 5 heteroatoms. The number of aromatic amines is 2. The summed E-state index contributed by atoms with van der Waals surface area (Å²) in [6.45, 7) is 2.08. The number of hydrogen-bond acceptors (Lipinski definition) is 3. The van der Waals surface area contributed by atoms with Gasteiger partial charge in [-0.2, -0.15) is 5.21 Å². The molecule has 0 bridgehead atoms. The van der Waals surface area contributed by atoms with E-state index in [9.17, 15) is 0 Å². The Labute approximate surface area is 81.0 Å². The maximum absolute atomic E-state index is 4.48. The summed E-state index contributed by atoms with van der Waals surface area (Å²) >= 11 is 4.48. The lowest BCUT2D eigenvalue weighted by molar-refractivity contribution is 0.881. The second kappa shape index (κ2) is 5.21. The Morgan fingerprint density at radius 3 is 2.15 bits per heavy atom. The van der Waals surface area contributed by atoms with Crippen LogP contribution >= 0.6 is 12.2 Å². The fourth-order valence-electron chi connectivity index (χ4n) is 0.703. The van der Waals surface area contributed by atoms with E-state index in [1.165, 1.54) is 5.56 Å². The van der Waals surface area contributed by atoms with Crippen molar-refractivity contribution >= 4 is 12.2 Å². The Morgan fingerprint density at radius 1 is 1.23 bits per heavy atom. The van der Waals surface area contributed by atoms with Crippen molar-refractivity contribution in [3.8, 4) is 0 Å². The predicted molar refractivity (Wildman–Crippen MR) is 52.7 cm³/mol. The third kappa shape index (κ3) is 4.17. The van der Waals surface area contributed by atoms with Crippen molar-refractivity contribution in [1.82, 2.24) is 20.6 Å². The van der Waals surface area contributed by atoms with Crippen LogP contribution in [0.5, 0.6) is 0 Å². The molecule has 1 aromatic carbocycles. The summed E-state index contributed by atoms with van der Waals surface area (Å²) in [5, 5.41) is 11.5. The van der Waals surface area contributed by atoms with E-state index in [1.807, 2.05) is 18.2 Å². The summed E-state index contributed by atoms with van der Waals surface area (Å²) in [5.74, 6) is 0. The van der Waals surface area contributed by atoms with Gasteiger partial charge in [0.25, 0.3) is 0 Å². The van der Waals surface area contributed by atoms with Gasteiger partial charge < -0.3 is 0 Å². The van der Waals surface area contributed by atoms with Crippen LogP contribution in [0.4, 0.5) is 0 Å². The Kier molecular flexibility index (Phi) is 3.84. The van der Waals surface area contributed by atoms with Crippen LogP contribution in [0.2, 0.25) is 0 Å². The molecule has 2 N–H and O–H groups in total. The van der Waals surface area contributed by atoms with Gasteiger partial charge in [-0.3, -0.25) is 5.10 Å². The molecular formula is C8H10N4S. The number of aryl methyl sites for hydroxylation is 1. The van der Waals surface area contributed by atoms with Crippen molar-refractivity contribution in [3.63, 3.8) is 0 Å². The third-order valence-electron chi connectivity index (χ3n) is 1.29. The molecule has 13 heavy (non-hydrogen) atoms. The first-order valence-electron chi connectivity index (χ1n) is 3.76. The lowest BCUT2D eigenvalue weighted by atomic mass is 10.2. The summed E-state index contributed by atoms with van der Waals surface area (Å²) in [6, 6.07) is 10.3. The van der Waals surface area contributed by atoms with Crippen LogP contribution in [0.25, 0.3) is 0 Å². The molecule has 0 unspecified atom stereocenters. The highest BCUT2D eigenvalue weighted by Gasteiger charge is 1.72. The average molecular weight is 194 g/mol. The van der Waals surface area contributed by atoms with Crippen LogP contribution in [0, 0.1) is 11.7 Å². The highest BCUT2D eigenvalue weighted by Crippen LogP contribution is 1.92. The number of rotatable bonds is 0. The number of tetrazole rings is 1. The Morgan fingerprint density at radius 2 is 1.92 bits per heavy atom. The van der Waals surface area contributed by atoms with Gasteiger partial charge in [0.15, 0.2) is 0 Å². The van der Waals surface area contributed by atoms with E-state index in [2.05, 4.69) is 51.9 Å². The van der Waals surface area contributed by atoms with Gasteiger partial charge in [0, 0.05) is 0 Å². The number of nitrogens with one attached hydrogen (secondary N) is 2. The van der Waals surface area contributed by atoms with Gasteiger partial charge >= 0.3 is 0 Å². The van der Waals surface area contributed by atoms with Crippen LogP contribution in [-0.2, 0) is 0 Å². The number of H-pyrrole nitrogens is 2. The first-order chi connectivity index (χ1) is 6.29. The summed E-state index contributed by atoms with van der Waals surface area (Å²) < 4.78 is 0.384. The first-order valence-corrected chi connectivity index (χ1v) is 4.17. The van der Waals surface area contributed by atoms with E-state index in [1.54, 1.807) is 0 Å². The molecule has 0 amide bonds. The highest BCUT2D eigenvalue weighted by atomic mass is 32.1. The quantitative estimate of drug-likeness (QED) is 0.629. The maximum atomic E-state index is 4.48. The summed E-state index contributed by atoms with van der Waals surface area (Å²) in [7, 11) is 0. The number of aromatic nitrogens is 4. The predicted octanol–water partition coefficient (Wildman–Crippen LogP) is 1.86. The van der Waals surface area contributed by atoms with Crippen LogP contribution in [0.1, 0.15) is 5.56 Å². The summed E-state index contributed by atoms with van der Waals surface area (Å²) in [4.78, 5) is 0. The maximum Gasteiger partial charge on any atom is 0.235 e. The van der Waals surface area contributed by atoms with Gasteiger partial charge in [-0.25, -0.2) is 0 Å². The van der Waals surface area contributed by atoms with Crippen LogP contribution < -0.4 is 0 Å². The topological polar surface area (TPSA) is 57.4 Å². The van der Waals surface area contributed by atoms with E-state index < -0.39 is 0 Å². The van der Waals surface area contributed by atoms with Crippen molar-refractivity contribution in [2.45, 2.75) is 6.92 Å². The third-order valence-corrected chi connectivity index (χ3v) is 1.48. The van der Waals surface area contributed by atoms with E-state index in [0.717, 1.165) is 0 Å². The second-order valence-electron chi connectivity index (χ2n) is 2.40. The molecule has 0 aliphatic carbocycles. The molecule has 0 radical (unpaired) electrons. The molecule has 0 atom stereocenters. The zero-order valence-electron chi connectivity index (χ0n) is 7.19. The van der Waals surface area contributed by atoms with Gasteiger partial charge in [0.05, 0.1) is 0 Å². The van der Waals surface area contributed by atoms with Crippen LogP contribution in [0.15, 0.2) is 30.3 Å². The van der Waals surface area contributed by atoms with Crippen molar-refractivity contribution in [3.05, 3.63) is 40.7 Å². The Hall–Kier alpha value is -1.49. The minimum absolute atomic E-state index is 0.384. The normalized spacial score (nSPS) is 8.69. The minimum Gasteiger partial charge on any atom is -0.256 e. The van der Waals surface area contributed by atoms with E-state index in [4.69, 9.17) is 0 Å². The van der Waals surface area contributed by atoms with Gasteiger partial charge in [0.1, 0.15) is 0 Å². The number of nitrogens with zero attached hydrogens (tertiary/aromatic N) is 2. The fourth-order valence-corrected chi connectivity index (χ4v) is 0.789. The molecule has 0 spiro atoms. The van der Waals surface area contributed by atoms with E-state index in [0.29, 0.717) is 4.77 Å². The Balaban J connectivity index is 0.000000132. The first kappa shape index (κ1) is 9.60. The average Bonchev–Trinajstić information content (AvgIpc) is 2.58. The standard InChI is InChI=1S/C7H8.CH2N4S/c1-7-5-3-2-4-6-7;6-1-2-4-5-3-1/h2-6H,1H3;(H2,2,3,4,5,6). The highest BCUT2D eigenvalue weighted by molar-refractivity contribution is 7.71. The molecule has 1 heterocycles. The molecule has 0 aliphatic heterocycles. The second-order valence-corrected chi connectivity index (χ2v) is 2.78. The number of benzene rings is 1. The molecule has 0 saturated heterocycles. The number of hydrogen-bond donors (Lipinski definition) is 2. The fraction of sp³-hybridized carbons (Fsp3) is 0.125. The van der Waals surface area contributed by atoms with Crippen LogP contribution in [0.3, 0.4) is 0 Å². The smallest absolute Gasteiger partial charge is 0.235 e. The molecule has 1 aromatic heterocycles. The molecule has 0 aliphatic rings. The summed E-state index contributed by atoms with van der Waals surface area (Å²) in [5.41, 5.74) is 1.32. The molecule has 0 saturated carbocycles. The molecular weight excluding hydrogens is 184 g/mol.